The van der Waals surface area contributed by atoms with Crippen LogP contribution in [0.25, 0.3) is 0 Å². The second-order valence-corrected chi connectivity index (χ2v) is 7.63. The van der Waals surface area contributed by atoms with Gasteiger partial charge in [-0.25, -0.2) is 8.42 Å². The maximum Gasteiger partial charge on any atom is 0.243 e. The number of sulfonamides is 1. The Morgan fingerprint density at radius 3 is 2.42 bits per heavy atom. The standard InChI is InChI=1S/C17H19ClN2O3S/c1-3-20(24(22,23)15-7-5-4-6-8-15)12-17(21)19-16-10-9-14(18)11-13(16)2/h4-11H,3,12H2,1-2H3,(H,19,21). The third-order valence-electron chi connectivity index (χ3n) is 3.52. The fraction of sp³-hybridized carbons (Fsp3) is 0.235. The molecule has 24 heavy (non-hydrogen) atoms. The summed E-state index contributed by atoms with van der Waals surface area (Å²) in [5.41, 5.74) is 1.42. The fourth-order valence-electron chi connectivity index (χ4n) is 2.23. The SMILES string of the molecule is CCN(CC(=O)Nc1ccc(Cl)cc1C)S(=O)(=O)c1ccccc1. The van der Waals surface area contributed by atoms with Crippen LogP contribution in [-0.2, 0) is 14.8 Å². The number of halogens is 1. The van der Waals surface area contributed by atoms with E-state index in [1.54, 1.807) is 43.3 Å². The molecule has 0 aromatic heterocycles. The number of aryl methyl sites for hydroxylation is 1. The zero-order chi connectivity index (χ0) is 17.7. The van der Waals surface area contributed by atoms with Crippen LogP contribution in [0.1, 0.15) is 12.5 Å². The third-order valence-corrected chi connectivity index (χ3v) is 5.69. The quantitative estimate of drug-likeness (QED) is 0.853. The van der Waals surface area contributed by atoms with Crippen molar-refractivity contribution in [1.82, 2.24) is 4.31 Å². The number of hydrogen-bond acceptors (Lipinski definition) is 3. The first-order valence-corrected chi connectivity index (χ1v) is 9.27. The van der Waals surface area contributed by atoms with Crippen LogP contribution in [0.2, 0.25) is 5.02 Å². The van der Waals surface area contributed by atoms with Crippen LogP contribution >= 0.6 is 11.6 Å². The number of amides is 1. The molecular formula is C17H19ClN2O3S. The van der Waals surface area contributed by atoms with E-state index in [1.165, 1.54) is 12.1 Å². The van der Waals surface area contributed by atoms with Crippen LogP contribution < -0.4 is 5.32 Å². The molecule has 0 radical (unpaired) electrons. The molecule has 2 rings (SSSR count). The van der Waals surface area contributed by atoms with Crippen molar-refractivity contribution in [2.24, 2.45) is 0 Å². The van der Waals surface area contributed by atoms with Gasteiger partial charge in [0.2, 0.25) is 15.9 Å². The van der Waals surface area contributed by atoms with E-state index in [-0.39, 0.29) is 18.0 Å². The summed E-state index contributed by atoms with van der Waals surface area (Å²) in [7, 11) is -3.70. The molecule has 0 atom stereocenters. The molecule has 0 aliphatic heterocycles. The van der Waals surface area contributed by atoms with Gasteiger partial charge in [-0.1, -0.05) is 36.7 Å². The summed E-state index contributed by atoms with van der Waals surface area (Å²) >= 11 is 5.89. The van der Waals surface area contributed by atoms with Gasteiger partial charge in [-0.3, -0.25) is 4.79 Å². The summed E-state index contributed by atoms with van der Waals surface area (Å²) in [6, 6.07) is 13.2. The van der Waals surface area contributed by atoms with Gasteiger partial charge < -0.3 is 5.32 Å². The summed E-state index contributed by atoms with van der Waals surface area (Å²) in [4.78, 5) is 12.4. The van der Waals surface area contributed by atoms with E-state index in [4.69, 9.17) is 11.6 Å². The lowest BCUT2D eigenvalue weighted by atomic mass is 10.2. The van der Waals surface area contributed by atoms with E-state index in [2.05, 4.69) is 5.32 Å². The second kappa shape index (κ2) is 7.79. The van der Waals surface area contributed by atoms with Crippen LogP contribution in [0.15, 0.2) is 53.4 Å². The average Bonchev–Trinajstić information content (AvgIpc) is 2.56. The normalized spacial score (nSPS) is 11.5. The topological polar surface area (TPSA) is 66.5 Å². The molecule has 0 bridgehead atoms. The highest BCUT2D eigenvalue weighted by Crippen LogP contribution is 2.20. The molecule has 2 aromatic carbocycles. The molecule has 0 spiro atoms. The number of nitrogens with one attached hydrogen (secondary N) is 1. The van der Waals surface area contributed by atoms with Crippen molar-refractivity contribution < 1.29 is 13.2 Å². The second-order valence-electron chi connectivity index (χ2n) is 5.25. The highest BCUT2D eigenvalue weighted by molar-refractivity contribution is 7.89. The van der Waals surface area contributed by atoms with Crippen molar-refractivity contribution in [2.45, 2.75) is 18.7 Å². The fourth-order valence-corrected chi connectivity index (χ4v) is 3.88. The monoisotopic (exact) mass is 366 g/mol. The minimum atomic E-state index is -3.70. The Bertz CT molecular complexity index is 823. The molecule has 0 aliphatic carbocycles. The zero-order valence-electron chi connectivity index (χ0n) is 13.5. The molecule has 128 valence electrons. The lowest BCUT2D eigenvalue weighted by Gasteiger charge is -2.20. The predicted octanol–water partition coefficient (Wildman–Crippen LogP) is 3.30. The van der Waals surface area contributed by atoms with Crippen molar-refractivity contribution >= 4 is 33.2 Å². The third kappa shape index (κ3) is 4.35. The Kier molecular flexibility index (Phi) is 5.99. The molecule has 0 unspecified atom stereocenters. The maximum absolute atomic E-state index is 12.6. The number of hydrogen-bond donors (Lipinski definition) is 1. The maximum atomic E-state index is 12.6. The number of anilines is 1. The van der Waals surface area contributed by atoms with E-state index in [0.717, 1.165) is 9.87 Å². The smallest absolute Gasteiger partial charge is 0.243 e. The van der Waals surface area contributed by atoms with Crippen molar-refractivity contribution in [3.05, 3.63) is 59.1 Å². The van der Waals surface area contributed by atoms with Crippen molar-refractivity contribution in [3.63, 3.8) is 0 Å². The number of rotatable bonds is 6. The van der Waals surface area contributed by atoms with Gasteiger partial charge in [-0.15, -0.1) is 0 Å². The van der Waals surface area contributed by atoms with Gasteiger partial charge in [0.1, 0.15) is 0 Å². The number of nitrogens with zero attached hydrogens (tertiary/aromatic N) is 1. The van der Waals surface area contributed by atoms with Crippen LogP contribution in [-0.4, -0.2) is 31.7 Å². The summed E-state index contributed by atoms with van der Waals surface area (Å²) < 4.78 is 26.3. The molecule has 1 amide bonds. The molecule has 0 saturated carbocycles. The molecule has 1 N–H and O–H groups in total. The van der Waals surface area contributed by atoms with Crippen LogP contribution in [0, 0.1) is 6.92 Å². The summed E-state index contributed by atoms with van der Waals surface area (Å²) in [5, 5.41) is 3.30. The number of carbonyl (C=O) groups is 1. The highest BCUT2D eigenvalue weighted by Gasteiger charge is 2.25. The van der Waals surface area contributed by atoms with E-state index < -0.39 is 15.9 Å². The first kappa shape index (κ1) is 18.4. The summed E-state index contributed by atoms with van der Waals surface area (Å²) in [6.45, 7) is 3.46. The Labute approximate surface area is 147 Å². The summed E-state index contributed by atoms with van der Waals surface area (Å²) in [6.07, 6.45) is 0. The van der Waals surface area contributed by atoms with Gasteiger partial charge >= 0.3 is 0 Å². The Morgan fingerprint density at radius 1 is 1.17 bits per heavy atom. The van der Waals surface area contributed by atoms with E-state index >= 15 is 0 Å². The lowest BCUT2D eigenvalue weighted by Crippen LogP contribution is -2.37. The van der Waals surface area contributed by atoms with Gasteiger partial charge in [-0.2, -0.15) is 4.31 Å². The molecule has 0 fully saturated rings. The molecule has 0 heterocycles. The van der Waals surface area contributed by atoms with Crippen LogP contribution in [0.3, 0.4) is 0 Å². The minimum absolute atomic E-state index is 0.169. The molecular weight excluding hydrogens is 348 g/mol. The highest BCUT2D eigenvalue weighted by atomic mass is 35.5. The average molecular weight is 367 g/mol. The Hall–Kier alpha value is -1.89. The molecule has 2 aromatic rings. The van der Waals surface area contributed by atoms with Crippen molar-refractivity contribution in [3.8, 4) is 0 Å². The minimum Gasteiger partial charge on any atom is -0.325 e. The first-order chi connectivity index (χ1) is 11.3. The van der Waals surface area contributed by atoms with Gasteiger partial charge in [-0.05, 0) is 42.8 Å². The number of carbonyl (C=O) groups excluding carboxylic acids is 1. The van der Waals surface area contributed by atoms with Gasteiger partial charge in [0.25, 0.3) is 0 Å². The molecule has 7 heteroatoms. The number of likely N-dealkylation sites (N-methyl/N-ethyl adjacent to an activating group) is 1. The predicted molar refractivity (Wildman–Crippen MR) is 95.7 cm³/mol. The Balaban J connectivity index is 2.14. The summed E-state index contributed by atoms with van der Waals surface area (Å²) in [5.74, 6) is -0.401. The lowest BCUT2D eigenvalue weighted by molar-refractivity contribution is -0.116. The molecule has 5 nitrogen and oxygen atoms in total. The van der Waals surface area contributed by atoms with E-state index in [1.807, 2.05) is 6.92 Å². The Morgan fingerprint density at radius 2 is 1.83 bits per heavy atom. The van der Waals surface area contributed by atoms with Crippen LogP contribution in [0.4, 0.5) is 5.69 Å². The van der Waals surface area contributed by atoms with Crippen LogP contribution in [0.5, 0.6) is 0 Å². The van der Waals surface area contributed by atoms with Gasteiger partial charge in [0, 0.05) is 17.3 Å². The largest absolute Gasteiger partial charge is 0.325 e. The zero-order valence-corrected chi connectivity index (χ0v) is 15.1. The molecule has 0 saturated heterocycles. The van der Waals surface area contributed by atoms with E-state index in [0.29, 0.717) is 10.7 Å². The van der Waals surface area contributed by atoms with Crippen molar-refractivity contribution in [2.75, 3.05) is 18.4 Å². The van der Waals surface area contributed by atoms with E-state index in [9.17, 15) is 13.2 Å². The van der Waals surface area contributed by atoms with Crippen molar-refractivity contribution in [1.29, 1.82) is 0 Å². The molecule has 0 aliphatic rings. The number of benzene rings is 2. The van der Waals surface area contributed by atoms with Gasteiger partial charge in [0.05, 0.1) is 11.4 Å². The van der Waals surface area contributed by atoms with Gasteiger partial charge in [0.15, 0.2) is 0 Å². The first-order valence-electron chi connectivity index (χ1n) is 7.45.